The van der Waals surface area contributed by atoms with Crippen molar-refractivity contribution in [2.75, 3.05) is 19.8 Å². The van der Waals surface area contributed by atoms with Crippen molar-refractivity contribution >= 4 is 11.9 Å². The third-order valence-electron chi connectivity index (χ3n) is 4.05. The van der Waals surface area contributed by atoms with Crippen LogP contribution in [0, 0.1) is 0 Å². The van der Waals surface area contributed by atoms with E-state index in [1.807, 2.05) is 6.92 Å². The lowest BCUT2D eigenvalue weighted by Crippen LogP contribution is -2.59. The van der Waals surface area contributed by atoms with Gasteiger partial charge in [0.2, 0.25) is 0 Å². The van der Waals surface area contributed by atoms with E-state index in [0.29, 0.717) is 6.42 Å². The second-order valence-electron chi connectivity index (χ2n) is 6.40. The van der Waals surface area contributed by atoms with Gasteiger partial charge in [0.15, 0.2) is 12.4 Å². The molecule has 0 radical (unpaired) electrons. The zero-order valence-corrected chi connectivity index (χ0v) is 15.7. The molecular weight excluding hydrogens is 364 g/mol. The Kier molecular flexibility index (Phi) is 10.7. The number of unbranched alkanes of at least 4 members (excludes halogenated alkanes) is 2. The molecule has 0 saturated carbocycles. The van der Waals surface area contributed by atoms with E-state index in [1.165, 1.54) is 6.92 Å². The quantitative estimate of drug-likeness (QED) is 0.250. The van der Waals surface area contributed by atoms with Crippen LogP contribution in [0.5, 0.6) is 0 Å². The van der Waals surface area contributed by atoms with Crippen molar-refractivity contribution in [2.45, 2.75) is 76.3 Å². The summed E-state index contributed by atoms with van der Waals surface area (Å²) in [7, 11) is 0. The summed E-state index contributed by atoms with van der Waals surface area (Å²) in [5.41, 5.74) is 0. The summed E-state index contributed by atoms with van der Waals surface area (Å²) in [5.74, 6) is -1.03. The minimum absolute atomic E-state index is 0.213. The maximum absolute atomic E-state index is 11.9. The maximum Gasteiger partial charge on any atom is 0.306 e. The average molecular weight is 394 g/mol. The largest absolute Gasteiger partial charge is 0.462 e. The third-order valence-corrected chi connectivity index (χ3v) is 4.05. The zero-order valence-electron chi connectivity index (χ0n) is 15.7. The van der Waals surface area contributed by atoms with Crippen LogP contribution in [0.3, 0.4) is 0 Å². The fraction of sp³-hybridized carbons (Fsp3) is 0.882. The lowest BCUT2D eigenvalue weighted by atomic mass is 9.99. The molecule has 1 saturated heterocycles. The molecule has 6 unspecified atom stereocenters. The van der Waals surface area contributed by atoms with Crippen LogP contribution >= 0.6 is 0 Å². The van der Waals surface area contributed by atoms with Gasteiger partial charge in [-0.2, -0.15) is 0 Å². The van der Waals surface area contributed by atoms with E-state index in [2.05, 4.69) is 0 Å². The number of carbonyl (C=O) groups is 2. The van der Waals surface area contributed by atoms with E-state index < -0.39 is 55.4 Å². The minimum Gasteiger partial charge on any atom is -0.462 e. The summed E-state index contributed by atoms with van der Waals surface area (Å²) in [4.78, 5) is 22.9. The van der Waals surface area contributed by atoms with Gasteiger partial charge in [-0.1, -0.05) is 19.8 Å². The van der Waals surface area contributed by atoms with E-state index in [-0.39, 0.29) is 19.6 Å². The Morgan fingerprint density at radius 2 is 1.78 bits per heavy atom. The molecule has 0 aromatic carbocycles. The molecule has 0 aliphatic carbocycles. The van der Waals surface area contributed by atoms with Gasteiger partial charge in [-0.15, -0.1) is 0 Å². The number of hydrogen-bond acceptors (Lipinski definition) is 10. The summed E-state index contributed by atoms with van der Waals surface area (Å²) in [6.07, 6.45) is -5.35. The fourth-order valence-corrected chi connectivity index (χ4v) is 2.50. The Bertz CT molecular complexity index is 455. The average Bonchev–Trinajstić information content (AvgIpc) is 2.63. The SMILES string of the molecule is CCCCCC(=O)OC(COC(C)=O)COC1OC(CO)C(O)C(O)C1O. The highest BCUT2D eigenvalue weighted by Crippen LogP contribution is 2.22. The third kappa shape index (κ3) is 8.08. The zero-order chi connectivity index (χ0) is 20.4. The van der Waals surface area contributed by atoms with Gasteiger partial charge in [-0.05, 0) is 6.42 Å². The van der Waals surface area contributed by atoms with Crippen molar-refractivity contribution < 1.29 is 49.0 Å². The highest BCUT2D eigenvalue weighted by Gasteiger charge is 2.44. The second kappa shape index (κ2) is 12.2. The molecule has 1 heterocycles. The first-order chi connectivity index (χ1) is 12.8. The van der Waals surface area contributed by atoms with Gasteiger partial charge >= 0.3 is 11.9 Å². The Morgan fingerprint density at radius 3 is 2.37 bits per heavy atom. The van der Waals surface area contributed by atoms with E-state index in [9.17, 15) is 24.9 Å². The van der Waals surface area contributed by atoms with Crippen molar-refractivity contribution in [1.29, 1.82) is 0 Å². The number of aliphatic hydroxyl groups excluding tert-OH is 4. The van der Waals surface area contributed by atoms with E-state index in [0.717, 1.165) is 12.8 Å². The lowest BCUT2D eigenvalue weighted by molar-refractivity contribution is -0.305. The van der Waals surface area contributed by atoms with Crippen LogP contribution in [0.1, 0.15) is 39.5 Å². The molecule has 0 aromatic heterocycles. The normalized spacial score (nSPS) is 29.2. The molecule has 10 nitrogen and oxygen atoms in total. The molecule has 0 amide bonds. The smallest absolute Gasteiger partial charge is 0.306 e. The van der Waals surface area contributed by atoms with Crippen molar-refractivity contribution in [3.63, 3.8) is 0 Å². The van der Waals surface area contributed by atoms with Crippen LogP contribution in [0.25, 0.3) is 0 Å². The molecule has 1 aliphatic rings. The summed E-state index contributed by atoms with van der Waals surface area (Å²) < 4.78 is 20.6. The summed E-state index contributed by atoms with van der Waals surface area (Å²) in [5, 5.41) is 38.6. The topological polar surface area (TPSA) is 152 Å². The fourth-order valence-electron chi connectivity index (χ4n) is 2.50. The van der Waals surface area contributed by atoms with Gasteiger partial charge in [-0.25, -0.2) is 0 Å². The molecule has 0 spiro atoms. The van der Waals surface area contributed by atoms with Gasteiger partial charge in [0.1, 0.15) is 31.0 Å². The van der Waals surface area contributed by atoms with E-state index in [4.69, 9.17) is 24.1 Å². The summed E-state index contributed by atoms with van der Waals surface area (Å²) >= 11 is 0. The number of carbonyl (C=O) groups excluding carboxylic acids is 2. The van der Waals surface area contributed by atoms with Gasteiger partial charge in [0.25, 0.3) is 0 Å². The lowest BCUT2D eigenvalue weighted by Gasteiger charge is -2.39. The molecule has 0 bridgehead atoms. The first-order valence-corrected chi connectivity index (χ1v) is 9.05. The highest BCUT2D eigenvalue weighted by atomic mass is 16.7. The molecule has 0 aromatic rings. The van der Waals surface area contributed by atoms with Crippen molar-refractivity contribution in [1.82, 2.24) is 0 Å². The minimum atomic E-state index is -1.58. The van der Waals surface area contributed by atoms with Crippen LogP contribution in [0.2, 0.25) is 0 Å². The predicted molar refractivity (Wildman–Crippen MR) is 90.4 cm³/mol. The van der Waals surface area contributed by atoms with Crippen LogP contribution in [-0.2, 0) is 28.5 Å². The number of esters is 2. The second-order valence-corrected chi connectivity index (χ2v) is 6.40. The standard InChI is InChI=1S/C17H30O10/c1-3-4-5-6-13(20)26-11(8-24-10(2)19)9-25-17-16(23)15(22)14(21)12(7-18)27-17/h11-12,14-18,21-23H,3-9H2,1-2H3. The van der Waals surface area contributed by atoms with Gasteiger partial charge in [0.05, 0.1) is 13.2 Å². The van der Waals surface area contributed by atoms with Crippen LogP contribution < -0.4 is 0 Å². The molecule has 6 atom stereocenters. The van der Waals surface area contributed by atoms with Crippen molar-refractivity contribution in [3.8, 4) is 0 Å². The van der Waals surface area contributed by atoms with Crippen molar-refractivity contribution in [2.24, 2.45) is 0 Å². The number of hydrogen-bond donors (Lipinski definition) is 4. The highest BCUT2D eigenvalue weighted by molar-refractivity contribution is 5.69. The number of ether oxygens (including phenoxy) is 4. The molecule has 1 rings (SSSR count). The molecule has 1 fully saturated rings. The van der Waals surface area contributed by atoms with Crippen LogP contribution in [-0.4, -0.2) is 89.0 Å². The molecule has 10 heteroatoms. The predicted octanol–water partition coefficient (Wildman–Crippen LogP) is -1.14. The first-order valence-electron chi connectivity index (χ1n) is 9.05. The van der Waals surface area contributed by atoms with E-state index in [1.54, 1.807) is 0 Å². The van der Waals surface area contributed by atoms with Gasteiger partial charge in [0, 0.05) is 13.3 Å². The maximum atomic E-state index is 11.9. The number of rotatable bonds is 11. The Hall–Kier alpha value is -1.30. The molecule has 1 aliphatic heterocycles. The Labute approximate surface area is 158 Å². The summed E-state index contributed by atoms with van der Waals surface area (Å²) in [6.45, 7) is 2.09. The van der Waals surface area contributed by atoms with E-state index >= 15 is 0 Å². The molecule has 27 heavy (non-hydrogen) atoms. The van der Waals surface area contributed by atoms with Gasteiger partial charge in [-0.3, -0.25) is 9.59 Å². The Morgan fingerprint density at radius 1 is 1.07 bits per heavy atom. The summed E-state index contributed by atoms with van der Waals surface area (Å²) in [6, 6.07) is 0. The van der Waals surface area contributed by atoms with Gasteiger partial charge < -0.3 is 39.4 Å². The molecule has 4 N–H and O–H groups in total. The molecular formula is C17H30O10. The van der Waals surface area contributed by atoms with Crippen LogP contribution in [0.15, 0.2) is 0 Å². The first kappa shape index (κ1) is 23.7. The van der Waals surface area contributed by atoms with Crippen LogP contribution in [0.4, 0.5) is 0 Å². The Balaban J connectivity index is 2.60. The molecule has 158 valence electrons. The monoisotopic (exact) mass is 394 g/mol. The van der Waals surface area contributed by atoms with Crippen molar-refractivity contribution in [3.05, 3.63) is 0 Å². The number of aliphatic hydroxyl groups is 4.